The molecule has 0 aliphatic rings. The maximum absolute atomic E-state index is 12.2. The summed E-state index contributed by atoms with van der Waals surface area (Å²) in [6, 6.07) is 14.0. The molecule has 0 radical (unpaired) electrons. The molecule has 1 heterocycles. The van der Waals surface area contributed by atoms with Gasteiger partial charge in [0.1, 0.15) is 6.54 Å². The third-order valence-electron chi connectivity index (χ3n) is 4.30. The molecule has 0 spiro atoms. The molecule has 2 aromatic carbocycles. The van der Waals surface area contributed by atoms with E-state index in [2.05, 4.69) is 20.8 Å². The molecule has 0 fully saturated rings. The predicted molar refractivity (Wildman–Crippen MR) is 101 cm³/mol. The van der Waals surface area contributed by atoms with E-state index in [1.807, 2.05) is 12.1 Å². The molecule has 27 heavy (non-hydrogen) atoms. The number of carbonyl (C=O) groups excluding carboxylic acids is 2. The van der Waals surface area contributed by atoms with Crippen molar-refractivity contribution >= 4 is 22.9 Å². The molecule has 0 bridgehead atoms. The Morgan fingerprint density at radius 1 is 1.04 bits per heavy atom. The van der Waals surface area contributed by atoms with Crippen molar-refractivity contribution in [1.29, 1.82) is 0 Å². The van der Waals surface area contributed by atoms with E-state index in [9.17, 15) is 14.4 Å². The molecule has 3 aromatic rings. The second-order valence-corrected chi connectivity index (χ2v) is 7.33. The van der Waals surface area contributed by atoms with Crippen LogP contribution in [0.25, 0.3) is 11.1 Å². The van der Waals surface area contributed by atoms with Gasteiger partial charge in [-0.15, -0.1) is 0 Å². The summed E-state index contributed by atoms with van der Waals surface area (Å²) in [5.41, 5.74) is 2.48. The number of hydrogen-bond donors (Lipinski definition) is 0. The van der Waals surface area contributed by atoms with Gasteiger partial charge in [0.25, 0.3) is 0 Å². The van der Waals surface area contributed by atoms with Crippen LogP contribution in [0.4, 0.5) is 0 Å². The van der Waals surface area contributed by atoms with E-state index < -0.39 is 11.7 Å². The lowest BCUT2D eigenvalue weighted by Gasteiger charge is -2.18. The topological polar surface area (TPSA) is 78.5 Å². The van der Waals surface area contributed by atoms with Crippen molar-refractivity contribution in [2.45, 2.75) is 32.7 Å². The van der Waals surface area contributed by atoms with Crippen LogP contribution in [0.15, 0.2) is 57.7 Å². The Balaban J connectivity index is 1.62. The van der Waals surface area contributed by atoms with Gasteiger partial charge in [0, 0.05) is 5.56 Å². The molecular formula is C21H21NO5. The van der Waals surface area contributed by atoms with E-state index in [4.69, 9.17) is 9.15 Å². The molecule has 0 saturated heterocycles. The average molecular weight is 367 g/mol. The first-order valence-corrected chi connectivity index (χ1v) is 8.63. The van der Waals surface area contributed by atoms with Gasteiger partial charge in [0.05, 0.1) is 5.52 Å². The smallest absolute Gasteiger partial charge is 0.420 e. The van der Waals surface area contributed by atoms with E-state index >= 15 is 0 Å². The minimum Gasteiger partial charge on any atom is -0.456 e. The monoisotopic (exact) mass is 367 g/mol. The quantitative estimate of drug-likeness (QED) is 0.511. The number of ketones is 1. The third kappa shape index (κ3) is 4.16. The molecule has 6 heteroatoms. The van der Waals surface area contributed by atoms with Gasteiger partial charge in [-0.2, -0.15) is 0 Å². The van der Waals surface area contributed by atoms with Crippen molar-refractivity contribution in [3.05, 3.63) is 70.2 Å². The minimum absolute atomic E-state index is 0.00529. The molecular weight excluding hydrogens is 346 g/mol. The van der Waals surface area contributed by atoms with E-state index in [0.29, 0.717) is 16.7 Å². The van der Waals surface area contributed by atoms with Crippen molar-refractivity contribution in [1.82, 2.24) is 4.57 Å². The van der Waals surface area contributed by atoms with Gasteiger partial charge in [-0.25, -0.2) is 4.79 Å². The number of esters is 1. The zero-order valence-corrected chi connectivity index (χ0v) is 15.5. The Kier molecular flexibility index (Phi) is 4.99. The lowest BCUT2D eigenvalue weighted by Crippen LogP contribution is -2.23. The van der Waals surface area contributed by atoms with Crippen LogP contribution >= 0.6 is 0 Å². The highest BCUT2D eigenvalue weighted by atomic mass is 16.5. The third-order valence-corrected chi connectivity index (χ3v) is 4.30. The Bertz CT molecular complexity index is 1030. The van der Waals surface area contributed by atoms with Crippen LogP contribution in [0, 0.1) is 0 Å². The number of nitrogens with zero attached hydrogens (tertiary/aromatic N) is 1. The Hall–Kier alpha value is -3.15. The SMILES string of the molecule is CC(C)(C)c1ccc(C(=O)COC(=O)Cn2c(=O)oc3ccccc32)cc1. The summed E-state index contributed by atoms with van der Waals surface area (Å²) in [5.74, 6) is -1.62. The van der Waals surface area contributed by atoms with Crippen LogP contribution in [-0.4, -0.2) is 22.9 Å². The summed E-state index contributed by atoms with van der Waals surface area (Å²) in [7, 11) is 0. The summed E-state index contributed by atoms with van der Waals surface area (Å²) in [6.07, 6.45) is 0. The highest BCUT2D eigenvalue weighted by Crippen LogP contribution is 2.22. The molecule has 0 amide bonds. The second-order valence-electron chi connectivity index (χ2n) is 7.33. The van der Waals surface area contributed by atoms with E-state index in [1.54, 1.807) is 36.4 Å². The summed E-state index contributed by atoms with van der Waals surface area (Å²) < 4.78 is 11.3. The van der Waals surface area contributed by atoms with Crippen LogP contribution < -0.4 is 5.76 Å². The first-order chi connectivity index (χ1) is 12.8. The van der Waals surface area contributed by atoms with Crippen LogP contribution in [0.2, 0.25) is 0 Å². The summed E-state index contributed by atoms with van der Waals surface area (Å²) in [5, 5.41) is 0. The summed E-state index contributed by atoms with van der Waals surface area (Å²) in [4.78, 5) is 36.1. The maximum Gasteiger partial charge on any atom is 0.420 e. The zero-order valence-electron chi connectivity index (χ0n) is 15.5. The van der Waals surface area contributed by atoms with Crippen LogP contribution in [0.1, 0.15) is 36.7 Å². The molecule has 0 saturated carbocycles. The van der Waals surface area contributed by atoms with Crippen molar-refractivity contribution in [2.75, 3.05) is 6.61 Å². The van der Waals surface area contributed by atoms with Gasteiger partial charge < -0.3 is 9.15 Å². The van der Waals surface area contributed by atoms with Crippen molar-refractivity contribution < 1.29 is 18.7 Å². The number of oxazole rings is 1. The lowest BCUT2D eigenvalue weighted by molar-refractivity contribution is -0.143. The lowest BCUT2D eigenvalue weighted by atomic mass is 9.86. The predicted octanol–water partition coefficient (Wildman–Crippen LogP) is 3.32. The Morgan fingerprint density at radius 3 is 2.37 bits per heavy atom. The highest BCUT2D eigenvalue weighted by Gasteiger charge is 2.17. The molecule has 6 nitrogen and oxygen atoms in total. The molecule has 140 valence electrons. The van der Waals surface area contributed by atoms with Gasteiger partial charge in [0.2, 0.25) is 0 Å². The first-order valence-electron chi connectivity index (χ1n) is 8.63. The highest BCUT2D eigenvalue weighted by molar-refractivity contribution is 5.98. The van der Waals surface area contributed by atoms with Gasteiger partial charge in [-0.05, 0) is 23.1 Å². The first kappa shape index (κ1) is 18.6. The van der Waals surface area contributed by atoms with E-state index in [-0.39, 0.29) is 24.3 Å². The van der Waals surface area contributed by atoms with Crippen molar-refractivity contribution in [3.63, 3.8) is 0 Å². The Morgan fingerprint density at radius 2 is 1.70 bits per heavy atom. The van der Waals surface area contributed by atoms with Gasteiger partial charge in [-0.3, -0.25) is 14.2 Å². The summed E-state index contributed by atoms with van der Waals surface area (Å²) in [6.45, 7) is 5.58. The van der Waals surface area contributed by atoms with Crippen molar-refractivity contribution in [3.8, 4) is 0 Å². The fourth-order valence-electron chi connectivity index (χ4n) is 2.72. The molecule has 0 aliphatic carbocycles. The second kappa shape index (κ2) is 7.23. The largest absolute Gasteiger partial charge is 0.456 e. The van der Waals surface area contributed by atoms with Crippen molar-refractivity contribution in [2.24, 2.45) is 0 Å². The standard InChI is InChI=1S/C21H21NO5/c1-21(2,3)15-10-8-14(9-11-15)17(23)13-26-19(24)12-22-16-6-4-5-7-18(16)27-20(22)25/h4-11H,12-13H2,1-3H3. The van der Waals surface area contributed by atoms with E-state index in [1.165, 1.54) is 4.57 Å². The average Bonchev–Trinajstić information content (AvgIpc) is 2.94. The molecule has 0 aliphatic heterocycles. The molecule has 0 N–H and O–H groups in total. The van der Waals surface area contributed by atoms with Crippen LogP contribution in [0.3, 0.4) is 0 Å². The van der Waals surface area contributed by atoms with Gasteiger partial charge in [0.15, 0.2) is 18.0 Å². The number of benzene rings is 2. The zero-order chi connectivity index (χ0) is 19.6. The maximum atomic E-state index is 12.2. The number of hydrogen-bond acceptors (Lipinski definition) is 5. The van der Waals surface area contributed by atoms with Crippen LogP contribution in [0.5, 0.6) is 0 Å². The number of ether oxygens (including phenoxy) is 1. The normalized spacial score (nSPS) is 11.5. The van der Waals surface area contributed by atoms with Crippen LogP contribution in [-0.2, 0) is 21.5 Å². The minimum atomic E-state index is -0.677. The fourth-order valence-corrected chi connectivity index (χ4v) is 2.72. The Labute approximate surface area is 156 Å². The molecule has 0 unspecified atom stereocenters. The number of rotatable bonds is 5. The number of fused-ring (bicyclic) bond motifs is 1. The number of Topliss-reactive ketones (excluding diaryl/α,β-unsaturated/α-hetero) is 1. The molecule has 0 atom stereocenters. The van der Waals surface area contributed by atoms with Gasteiger partial charge in [-0.1, -0.05) is 57.2 Å². The fraction of sp³-hybridized carbons (Fsp3) is 0.286. The van der Waals surface area contributed by atoms with E-state index in [0.717, 1.165) is 5.56 Å². The number of aromatic nitrogens is 1. The molecule has 3 rings (SSSR count). The summed E-state index contributed by atoms with van der Waals surface area (Å²) >= 11 is 0. The number of carbonyl (C=O) groups is 2. The molecule has 1 aromatic heterocycles. The van der Waals surface area contributed by atoms with Gasteiger partial charge >= 0.3 is 11.7 Å². The number of para-hydroxylation sites is 2.